The van der Waals surface area contributed by atoms with E-state index >= 15 is 0 Å². The smallest absolute Gasteiger partial charge is 0.214 e. The van der Waals surface area contributed by atoms with Crippen LogP contribution in [0.5, 0.6) is 0 Å². The second-order valence-electron chi connectivity index (χ2n) is 6.73. The average Bonchev–Trinajstić information content (AvgIpc) is 3.23. The van der Waals surface area contributed by atoms with E-state index in [-0.39, 0.29) is 24.0 Å². The Morgan fingerprint density at radius 2 is 1.86 bits per heavy atom. The Kier molecular flexibility index (Phi) is 8.69. The van der Waals surface area contributed by atoms with Gasteiger partial charge in [0.15, 0.2) is 5.96 Å². The van der Waals surface area contributed by atoms with E-state index in [1.807, 2.05) is 36.7 Å². The van der Waals surface area contributed by atoms with Crippen molar-refractivity contribution in [3.8, 4) is 5.69 Å². The van der Waals surface area contributed by atoms with Crippen LogP contribution in [0.2, 0.25) is 0 Å². The van der Waals surface area contributed by atoms with Crippen LogP contribution in [0.4, 0.5) is 0 Å². The second kappa shape index (κ2) is 11.0. The molecule has 3 aromatic rings. The number of oxazole rings is 1. The van der Waals surface area contributed by atoms with Gasteiger partial charge in [0.05, 0.1) is 23.6 Å². The molecule has 0 bridgehead atoms. The monoisotopic (exact) mass is 508 g/mol. The summed E-state index contributed by atoms with van der Waals surface area (Å²) >= 11 is 0. The molecule has 8 heteroatoms. The molecule has 0 saturated carbocycles. The van der Waals surface area contributed by atoms with Gasteiger partial charge < -0.3 is 15.1 Å². The summed E-state index contributed by atoms with van der Waals surface area (Å²) in [7, 11) is 1.76. The summed E-state index contributed by atoms with van der Waals surface area (Å²) < 4.78 is 7.52. The van der Waals surface area contributed by atoms with Crippen molar-refractivity contribution in [3.63, 3.8) is 0 Å². The highest BCUT2D eigenvalue weighted by Gasteiger charge is 2.08. The number of hydrogen-bond donors (Lipinski definition) is 2. The standard InChI is InChI=1S/C21H28N6O.HI/c1-15-17(3)28-20(25-15)13-24-21(22-4)23-12-8-9-18-14-27(26-16(18)2)19-10-6-5-7-11-19;/h5-7,10-11,14H,8-9,12-13H2,1-4H3,(H2,22,23,24);1H. The molecule has 0 aliphatic carbocycles. The van der Waals surface area contributed by atoms with E-state index in [0.717, 1.165) is 48.2 Å². The number of rotatable bonds is 7. The van der Waals surface area contributed by atoms with Crippen molar-refractivity contribution in [2.45, 2.75) is 40.2 Å². The summed E-state index contributed by atoms with van der Waals surface area (Å²) in [5.41, 5.74) is 4.34. The van der Waals surface area contributed by atoms with Gasteiger partial charge in [-0.15, -0.1) is 24.0 Å². The number of benzene rings is 1. The van der Waals surface area contributed by atoms with Gasteiger partial charge in [-0.2, -0.15) is 5.10 Å². The molecule has 1 aromatic carbocycles. The predicted octanol–water partition coefficient (Wildman–Crippen LogP) is 3.70. The lowest BCUT2D eigenvalue weighted by atomic mass is 10.1. The number of halogens is 1. The van der Waals surface area contributed by atoms with Crippen molar-refractivity contribution < 1.29 is 4.42 Å². The lowest BCUT2D eigenvalue weighted by molar-refractivity contribution is 0.463. The van der Waals surface area contributed by atoms with Crippen molar-refractivity contribution in [1.29, 1.82) is 0 Å². The highest BCUT2D eigenvalue weighted by atomic mass is 127. The van der Waals surface area contributed by atoms with Crippen molar-refractivity contribution in [2.24, 2.45) is 4.99 Å². The molecule has 0 fully saturated rings. The number of nitrogens with zero attached hydrogens (tertiary/aromatic N) is 4. The van der Waals surface area contributed by atoms with Crippen molar-refractivity contribution in [2.75, 3.05) is 13.6 Å². The number of aromatic nitrogens is 3. The van der Waals surface area contributed by atoms with Gasteiger partial charge in [-0.1, -0.05) is 18.2 Å². The van der Waals surface area contributed by atoms with E-state index in [1.165, 1.54) is 5.56 Å². The van der Waals surface area contributed by atoms with Crippen LogP contribution in [0, 0.1) is 20.8 Å². The van der Waals surface area contributed by atoms with Crippen LogP contribution < -0.4 is 10.6 Å². The van der Waals surface area contributed by atoms with Gasteiger partial charge in [0.2, 0.25) is 5.89 Å². The van der Waals surface area contributed by atoms with E-state index < -0.39 is 0 Å². The van der Waals surface area contributed by atoms with Crippen LogP contribution in [0.15, 0.2) is 45.9 Å². The van der Waals surface area contributed by atoms with Crippen molar-refractivity contribution in [3.05, 3.63) is 65.1 Å². The van der Waals surface area contributed by atoms with Gasteiger partial charge in [0.25, 0.3) is 0 Å². The summed E-state index contributed by atoms with van der Waals surface area (Å²) in [4.78, 5) is 8.62. The van der Waals surface area contributed by atoms with Gasteiger partial charge in [0, 0.05) is 19.8 Å². The molecule has 7 nitrogen and oxygen atoms in total. The maximum Gasteiger partial charge on any atom is 0.214 e. The summed E-state index contributed by atoms with van der Waals surface area (Å²) in [5, 5.41) is 11.2. The topological polar surface area (TPSA) is 80.3 Å². The van der Waals surface area contributed by atoms with E-state index in [2.05, 4.69) is 51.0 Å². The molecule has 0 radical (unpaired) electrons. The van der Waals surface area contributed by atoms with Crippen LogP contribution in [-0.4, -0.2) is 34.3 Å². The van der Waals surface area contributed by atoms with Crippen LogP contribution in [0.25, 0.3) is 5.69 Å². The third-order valence-corrected chi connectivity index (χ3v) is 4.64. The first-order chi connectivity index (χ1) is 13.6. The molecule has 0 saturated heterocycles. The van der Waals surface area contributed by atoms with Crippen LogP contribution in [0.1, 0.15) is 35.0 Å². The van der Waals surface area contributed by atoms with Gasteiger partial charge >= 0.3 is 0 Å². The summed E-state index contributed by atoms with van der Waals surface area (Å²) in [6, 6.07) is 10.2. The third kappa shape index (κ3) is 6.31. The second-order valence-corrected chi connectivity index (χ2v) is 6.73. The maximum atomic E-state index is 5.58. The summed E-state index contributed by atoms with van der Waals surface area (Å²) in [6.07, 6.45) is 4.06. The fourth-order valence-electron chi connectivity index (χ4n) is 2.93. The zero-order valence-corrected chi connectivity index (χ0v) is 19.7. The number of aryl methyl sites for hydroxylation is 4. The molecule has 2 heterocycles. The van der Waals surface area contributed by atoms with E-state index in [9.17, 15) is 0 Å². The van der Waals surface area contributed by atoms with Gasteiger partial charge in [-0.3, -0.25) is 4.99 Å². The highest BCUT2D eigenvalue weighted by molar-refractivity contribution is 14.0. The van der Waals surface area contributed by atoms with Gasteiger partial charge in [-0.05, 0) is 51.3 Å². The zero-order valence-electron chi connectivity index (χ0n) is 17.4. The maximum absolute atomic E-state index is 5.58. The first kappa shape index (κ1) is 22.9. The minimum Gasteiger partial charge on any atom is -0.444 e. The highest BCUT2D eigenvalue weighted by Crippen LogP contribution is 2.13. The van der Waals surface area contributed by atoms with Gasteiger partial charge in [-0.25, -0.2) is 9.67 Å². The van der Waals surface area contributed by atoms with Crippen LogP contribution in [0.3, 0.4) is 0 Å². The molecule has 0 atom stereocenters. The SMILES string of the molecule is CN=C(NCCCc1cn(-c2ccccc2)nc1C)NCc1nc(C)c(C)o1.I. The molecule has 0 unspecified atom stereocenters. The molecule has 0 aliphatic heterocycles. The predicted molar refractivity (Wildman–Crippen MR) is 126 cm³/mol. The third-order valence-electron chi connectivity index (χ3n) is 4.64. The van der Waals surface area contributed by atoms with Crippen molar-refractivity contribution >= 4 is 29.9 Å². The minimum absolute atomic E-state index is 0. The van der Waals surface area contributed by atoms with Crippen LogP contribution >= 0.6 is 24.0 Å². The number of para-hydroxylation sites is 1. The fourth-order valence-corrected chi connectivity index (χ4v) is 2.93. The zero-order chi connectivity index (χ0) is 19.9. The summed E-state index contributed by atoms with van der Waals surface area (Å²) in [5.74, 6) is 2.26. The Balaban J connectivity index is 0.00000300. The molecule has 29 heavy (non-hydrogen) atoms. The Bertz CT molecular complexity index is 913. The molecule has 0 aliphatic rings. The fraction of sp³-hybridized carbons (Fsp3) is 0.381. The quantitative estimate of drug-likeness (QED) is 0.220. The Morgan fingerprint density at radius 3 is 2.52 bits per heavy atom. The Morgan fingerprint density at radius 1 is 1.10 bits per heavy atom. The summed E-state index contributed by atoms with van der Waals surface area (Å²) in [6.45, 7) is 7.25. The molecule has 0 amide bonds. The molecule has 3 rings (SSSR count). The first-order valence-electron chi connectivity index (χ1n) is 9.55. The molecular weight excluding hydrogens is 479 g/mol. The number of aliphatic imine (C=N–C) groups is 1. The Hall–Kier alpha value is -2.36. The van der Waals surface area contributed by atoms with Gasteiger partial charge in [0.1, 0.15) is 5.76 Å². The minimum atomic E-state index is 0. The lowest BCUT2D eigenvalue weighted by Gasteiger charge is -2.10. The average molecular weight is 508 g/mol. The number of guanidine groups is 1. The number of hydrogen-bond acceptors (Lipinski definition) is 4. The van der Waals surface area contributed by atoms with Crippen LogP contribution in [-0.2, 0) is 13.0 Å². The molecular formula is C21H29IN6O. The first-order valence-corrected chi connectivity index (χ1v) is 9.55. The van der Waals surface area contributed by atoms with E-state index in [0.29, 0.717) is 12.4 Å². The molecule has 0 spiro atoms. The normalized spacial score (nSPS) is 11.2. The molecule has 156 valence electrons. The lowest BCUT2D eigenvalue weighted by Crippen LogP contribution is -2.37. The number of nitrogens with one attached hydrogen (secondary N) is 2. The van der Waals surface area contributed by atoms with E-state index in [1.54, 1.807) is 7.05 Å². The van der Waals surface area contributed by atoms with E-state index in [4.69, 9.17) is 4.42 Å². The molecule has 2 aromatic heterocycles. The van der Waals surface area contributed by atoms with Crippen molar-refractivity contribution in [1.82, 2.24) is 25.4 Å². The Labute approximate surface area is 189 Å². The largest absolute Gasteiger partial charge is 0.444 e. The molecule has 2 N–H and O–H groups in total.